The summed E-state index contributed by atoms with van der Waals surface area (Å²) in [4.78, 5) is 28.6. The molecule has 0 radical (unpaired) electrons. The van der Waals surface area contributed by atoms with Gasteiger partial charge in [0.1, 0.15) is 5.60 Å². The number of ether oxygens (including phenoxy) is 1. The van der Waals surface area contributed by atoms with E-state index in [4.69, 9.17) is 4.74 Å². The Bertz CT molecular complexity index is 702. The van der Waals surface area contributed by atoms with E-state index in [1.54, 1.807) is 11.8 Å². The SMILES string of the molecule is CC(=O)N(CC1(C)CCN(C(=O)OC(C)(C)C)CC1)[C@@H]1CC1c1ccccc1. The first-order chi connectivity index (χ1) is 13.1. The number of carbonyl (C=O) groups excluding carboxylic acids is 2. The van der Waals surface area contributed by atoms with Crippen LogP contribution in [0.5, 0.6) is 0 Å². The van der Waals surface area contributed by atoms with Gasteiger partial charge in [-0.1, -0.05) is 37.3 Å². The second kappa shape index (κ2) is 7.76. The molecule has 0 aromatic heterocycles. The van der Waals surface area contributed by atoms with Crippen molar-refractivity contribution in [3.63, 3.8) is 0 Å². The van der Waals surface area contributed by atoms with Gasteiger partial charge in [-0.15, -0.1) is 0 Å². The molecule has 0 bridgehead atoms. The van der Waals surface area contributed by atoms with E-state index in [2.05, 4.69) is 36.1 Å². The molecule has 5 nitrogen and oxygen atoms in total. The van der Waals surface area contributed by atoms with Crippen LogP contribution in [-0.2, 0) is 9.53 Å². The van der Waals surface area contributed by atoms with Crippen LogP contribution in [0.1, 0.15) is 65.4 Å². The Morgan fingerprint density at radius 3 is 2.32 bits per heavy atom. The van der Waals surface area contributed by atoms with E-state index < -0.39 is 5.60 Å². The summed E-state index contributed by atoms with van der Waals surface area (Å²) in [6.07, 6.45) is 2.59. The molecule has 1 saturated heterocycles. The Labute approximate surface area is 169 Å². The average molecular weight is 387 g/mol. The molecule has 28 heavy (non-hydrogen) atoms. The molecule has 2 amide bonds. The summed E-state index contributed by atoms with van der Waals surface area (Å²) in [6, 6.07) is 10.8. The van der Waals surface area contributed by atoms with Crippen LogP contribution < -0.4 is 0 Å². The van der Waals surface area contributed by atoms with Crippen LogP contribution in [-0.4, -0.2) is 53.1 Å². The fraction of sp³-hybridized carbons (Fsp3) is 0.652. The predicted octanol–water partition coefficient (Wildman–Crippen LogP) is 4.43. The molecule has 5 heteroatoms. The third-order valence-corrected chi connectivity index (χ3v) is 5.96. The topological polar surface area (TPSA) is 49.9 Å². The molecule has 1 aromatic carbocycles. The van der Waals surface area contributed by atoms with Gasteiger partial charge in [0, 0.05) is 38.5 Å². The first kappa shape index (κ1) is 20.7. The largest absolute Gasteiger partial charge is 0.444 e. The first-order valence-electron chi connectivity index (χ1n) is 10.4. The second-order valence-electron chi connectivity index (χ2n) is 9.75. The number of benzene rings is 1. The molecule has 1 heterocycles. The predicted molar refractivity (Wildman–Crippen MR) is 110 cm³/mol. The lowest BCUT2D eigenvalue weighted by Gasteiger charge is -2.42. The van der Waals surface area contributed by atoms with Gasteiger partial charge < -0.3 is 14.5 Å². The number of rotatable bonds is 4. The van der Waals surface area contributed by atoms with Crippen molar-refractivity contribution in [1.82, 2.24) is 9.80 Å². The van der Waals surface area contributed by atoms with E-state index in [9.17, 15) is 9.59 Å². The zero-order valence-corrected chi connectivity index (χ0v) is 17.9. The Morgan fingerprint density at radius 2 is 1.79 bits per heavy atom. The number of hydrogen-bond acceptors (Lipinski definition) is 3. The monoisotopic (exact) mass is 386 g/mol. The normalized spacial score (nSPS) is 23.8. The van der Waals surface area contributed by atoms with Crippen molar-refractivity contribution in [1.29, 1.82) is 0 Å². The second-order valence-corrected chi connectivity index (χ2v) is 9.75. The summed E-state index contributed by atoms with van der Waals surface area (Å²) >= 11 is 0. The summed E-state index contributed by atoms with van der Waals surface area (Å²) in [7, 11) is 0. The van der Waals surface area contributed by atoms with Gasteiger partial charge in [-0.3, -0.25) is 4.79 Å². The van der Waals surface area contributed by atoms with E-state index >= 15 is 0 Å². The van der Waals surface area contributed by atoms with Gasteiger partial charge >= 0.3 is 6.09 Å². The van der Waals surface area contributed by atoms with E-state index in [0.29, 0.717) is 25.0 Å². The van der Waals surface area contributed by atoms with Crippen molar-refractivity contribution in [3.05, 3.63) is 35.9 Å². The quantitative estimate of drug-likeness (QED) is 0.769. The highest BCUT2D eigenvalue weighted by Gasteiger charge is 2.46. The molecular formula is C23H34N2O3. The van der Waals surface area contributed by atoms with Gasteiger partial charge in [-0.2, -0.15) is 0 Å². The van der Waals surface area contributed by atoms with Gasteiger partial charge in [0.15, 0.2) is 0 Å². The highest BCUT2D eigenvalue weighted by atomic mass is 16.6. The molecule has 1 aliphatic carbocycles. The summed E-state index contributed by atoms with van der Waals surface area (Å²) in [5.74, 6) is 0.606. The van der Waals surface area contributed by atoms with Crippen LogP contribution >= 0.6 is 0 Å². The van der Waals surface area contributed by atoms with E-state index in [1.807, 2.05) is 26.8 Å². The first-order valence-corrected chi connectivity index (χ1v) is 10.4. The maximum absolute atomic E-state index is 12.4. The van der Waals surface area contributed by atoms with Gasteiger partial charge in [0.25, 0.3) is 0 Å². The summed E-state index contributed by atoms with van der Waals surface area (Å²) in [6.45, 7) is 11.7. The minimum atomic E-state index is -0.471. The molecular weight excluding hydrogens is 352 g/mol. The van der Waals surface area contributed by atoms with Crippen molar-refractivity contribution >= 4 is 12.0 Å². The Morgan fingerprint density at radius 1 is 1.18 bits per heavy atom. The molecule has 2 atom stereocenters. The molecule has 2 aliphatic rings. The van der Waals surface area contributed by atoms with E-state index in [0.717, 1.165) is 25.8 Å². The fourth-order valence-electron chi connectivity index (χ4n) is 4.17. The van der Waals surface area contributed by atoms with Gasteiger partial charge in [-0.25, -0.2) is 4.79 Å². The van der Waals surface area contributed by atoms with Crippen molar-refractivity contribution in [3.8, 4) is 0 Å². The Kier molecular flexibility index (Phi) is 5.74. The van der Waals surface area contributed by atoms with Crippen LogP contribution in [0.25, 0.3) is 0 Å². The van der Waals surface area contributed by atoms with Crippen LogP contribution in [0.15, 0.2) is 30.3 Å². The molecule has 2 fully saturated rings. The van der Waals surface area contributed by atoms with Crippen LogP contribution in [0.2, 0.25) is 0 Å². The van der Waals surface area contributed by atoms with Gasteiger partial charge in [0.2, 0.25) is 5.91 Å². The number of hydrogen-bond donors (Lipinski definition) is 0. The van der Waals surface area contributed by atoms with Crippen molar-refractivity contribution < 1.29 is 14.3 Å². The lowest BCUT2D eigenvalue weighted by molar-refractivity contribution is -0.131. The fourth-order valence-corrected chi connectivity index (χ4v) is 4.17. The Hall–Kier alpha value is -2.04. The maximum atomic E-state index is 12.4. The minimum absolute atomic E-state index is 0.0357. The molecule has 1 saturated carbocycles. The lowest BCUT2D eigenvalue weighted by atomic mass is 9.80. The standard InChI is InChI=1S/C23H34N2O3/c1-17(26)25(20-15-19(20)18-9-7-6-8-10-18)16-23(5)11-13-24(14-12-23)21(27)28-22(2,3)4/h6-10,19-20H,11-16H2,1-5H3/t19?,20-/m1/s1. The van der Waals surface area contributed by atoms with Crippen molar-refractivity contribution in [2.45, 2.75) is 71.4 Å². The molecule has 1 aromatic rings. The van der Waals surface area contributed by atoms with Crippen molar-refractivity contribution in [2.24, 2.45) is 5.41 Å². The summed E-state index contributed by atoms with van der Waals surface area (Å²) < 4.78 is 5.50. The number of amides is 2. The summed E-state index contributed by atoms with van der Waals surface area (Å²) in [5.41, 5.74) is 0.888. The number of piperidine rings is 1. The third-order valence-electron chi connectivity index (χ3n) is 5.96. The van der Waals surface area contributed by atoms with Crippen molar-refractivity contribution in [2.75, 3.05) is 19.6 Å². The smallest absolute Gasteiger partial charge is 0.410 e. The molecule has 1 aliphatic heterocycles. The van der Waals surface area contributed by atoms with Gasteiger partial charge in [-0.05, 0) is 51.0 Å². The highest BCUT2D eigenvalue weighted by Crippen LogP contribution is 2.46. The van der Waals surface area contributed by atoms with Crippen LogP contribution in [0, 0.1) is 5.41 Å². The zero-order valence-electron chi connectivity index (χ0n) is 17.9. The molecule has 1 unspecified atom stereocenters. The molecule has 154 valence electrons. The van der Waals surface area contributed by atoms with Crippen LogP contribution in [0.3, 0.4) is 0 Å². The third kappa shape index (κ3) is 5.06. The zero-order chi connectivity index (χ0) is 20.5. The number of carbonyl (C=O) groups is 2. The lowest BCUT2D eigenvalue weighted by Crippen LogP contribution is -2.49. The minimum Gasteiger partial charge on any atom is -0.444 e. The Balaban J connectivity index is 1.58. The van der Waals surface area contributed by atoms with Crippen LogP contribution in [0.4, 0.5) is 4.79 Å². The molecule has 0 N–H and O–H groups in total. The molecule has 0 spiro atoms. The van der Waals surface area contributed by atoms with E-state index in [1.165, 1.54) is 5.56 Å². The van der Waals surface area contributed by atoms with Gasteiger partial charge in [0.05, 0.1) is 0 Å². The molecule has 3 rings (SSSR count). The number of likely N-dealkylation sites (tertiary alicyclic amines) is 1. The number of nitrogens with zero attached hydrogens (tertiary/aromatic N) is 2. The summed E-state index contributed by atoms with van der Waals surface area (Å²) in [5, 5.41) is 0. The highest BCUT2D eigenvalue weighted by molar-refractivity contribution is 5.74. The van der Waals surface area contributed by atoms with E-state index in [-0.39, 0.29) is 17.4 Å². The maximum Gasteiger partial charge on any atom is 0.410 e. The average Bonchev–Trinajstić information content (AvgIpc) is 3.40.